The Labute approximate surface area is 96.4 Å². The third-order valence-corrected chi connectivity index (χ3v) is 4.39. The molecule has 0 spiro atoms. The standard InChI is InChI=1S/C12H12BrFO/c13-7-4-5-11(14)10(6-7)12(15)8-2-1-3-9(8)12/h4-6,8-9,15H,1-3H2. The summed E-state index contributed by atoms with van der Waals surface area (Å²) >= 11 is 3.32. The van der Waals surface area contributed by atoms with Crippen LogP contribution in [0.25, 0.3) is 0 Å². The van der Waals surface area contributed by atoms with Crippen LogP contribution in [0.5, 0.6) is 0 Å². The molecule has 2 aliphatic carbocycles. The van der Waals surface area contributed by atoms with Crippen LogP contribution in [0.15, 0.2) is 22.7 Å². The molecule has 2 aliphatic rings. The molecular formula is C12H12BrFO. The monoisotopic (exact) mass is 270 g/mol. The first-order valence-electron chi connectivity index (χ1n) is 5.32. The maximum atomic E-state index is 13.6. The third kappa shape index (κ3) is 1.23. The summed E-state index contributed by atoms with van der Waals surface area (Å²) in [4.78, 5) is 0. The van der Waals surface area contributed by atoms with Gasteiger partial charge in [0.25, 0.3) is 0 Å². The van der Waals surface area contributed by atoms with Crippen molar-refractivity contribution in [2.24, 2.45) is 11.8 Å². The van der Waals surface area contributed by atoms with Gasteiger partial charge in [-0.3, -0.25) is 0 Å². The van der Waals surface area contributed by atoms with Gasteiger partial charge in [0.1, 0.15) is 5.82 Å². The highest BCUT2D eigenvalue weighted by Crippen LogP contribution is 2.66. The van der Waals surface area contributed by atoms with Gasteiger partial charge in [0, 0.05) is 10.0 Å². The second-order valence-corrected chi connectivity index (χ2v) is 5.51. The molecule has 2 atom stereocenters. The summed E-state index contributed by atoms with van der Waals surface area (Å²) in [5, 5.41) is 10.4. The summed E-state index contributed by atoms with van der Waals surface area (Å²) in [6, 6.07) is 4.80. The van der Waals surface area contributed by atoms with Crippen LogP contribution < -0.4 is 0 Å². The SMILES string of the molecule is OC1(c2cc(Br)ccc2F)C2CCCC21. The topological polar surface area (TPSA) is 20.2 Å². The highest BCUT2D eigenvalue weighted by Gasteiger charge is 2.67. The van der Waals surface area contributed by atoms with Crippen LogP contribution in [-0.2, 0) is 5.60 Å². The van der Waals surface area contributed by atoms with E-state index in [1.54, 1.807) is 12.1 Å². The molecule has 1 N–H and O–H groups in total. The number of hydrogen-bond acceptors (Lipinski definition) is 1. The summed E-state index contributed by atoms with van der Waals surface area (Å²) < 4.78 is 14.5. The summed E-state index contributed by atoms with van der Waals surface area (Å²) in [6.45, 7) is 0. The molecule has 0 aliphatic heterocycles. The molecule has 2 fully saturated rings. The quantitative estimate of drug-likeness (QED) is 0.831. The fourth-order valence-electron chi connectivity index (χ4n) is 3.13. The maximum absolute atomic E-state index is 13.6. The molecule has 3 rings (SSSR count). The molecule has 1 aromatic rings. The normalized spacial score (nSPS) is 37.8. The Kier molecular flexibility index (Phi) is 1.99. The highest BCUT2D eigenvalue weighted by atomic mass is 79.9. The minimum Gasteiger partial charge on any atom is -0.384 e. The van der Waals surface area contributed by atoms with E-state index in [0.29, 0.717) is 17.4 Å². The van der Waals surface area contributed by atoms with Gasteiger partial charge >= 0.3 is 0 Å². The van der Waals surface area contributed by atoms with Crippen LogP contribution in [0.1, 0.15) is 24.8 Å². The van der Waals surface area contributed by atoms with Gasteiger partial charge in [-0.2, -0.15) is 0 Å². The van der Waals surface area contributed by atoms with Crippen molar-refractivity contribution in [1.29, 1.82) is 0 Å². The number of benzene rings is 1. The lowest BCUT2D eigenvalue weighted by Gasteiger charge is -2.15. The van der Waals surface area contributed by atoms with Gasteiger partial charge in [0.2, 0.25) is 0 Å². The van der Waals surface area contributed by atoms with Gasteiger partial charge in [0.05, 0.1) is 5.60 Å². The maximum Gasteiger partial charge on any atom is 0.129 e. The summed E-state index contributed by atoms with van der Waals surface area (Å²) in [5.74, 6) is 0.303. The molecule has 0 aromatic heterocycles. The van der Waals surface area contributed by atoms with E-state index >= 15 is 0 Å². The molecule has 15 heavy (non-hydrogen) atoms. The first-order valence-corrected chi connectivity index (χ1v) is 6.11. The van der Waals surface area contributed by atoms with E-state index in [4.69, 9.17) is 0 Å². The molecule has 1 aromatic carbocycles. The number of aliphatic hydroxyl groups is 1. The zero-order chi connectivity index (χ0) is 10.6. The predicted molar refractivity (Wildman–Crippen MR) is 58.8 cm³/mol. The molecule has 0 saturated heterocycles. The van der Waals surface area contributed by atoms with Crippen molar-refractivity contribution in [2.75, 3.05) is 0 Å². The first kappa shape index (κ1) is 9.79. The van der Waals surface area contributed by atoms with Crippen LogP contribution in [0.3, 0.4) is 0 Å². The van der Waals surface area contributed by atoms with Crippen LogP contribution in [0, 0.1) is 17.7 Å². The molecule has 0 heterocycles. The van der Waals surface area contributed by atoms with Gasteiger partial charge < -0.3 is 5.11 Å². The van der Waals surface area contributed by atoms with Gasteiger partial charge in [0.15, 0.2) is 0 Å². The Hall–Kier alpha value is -0.410. The Morgan fingerprint density at radius 2 is 2.00 bits per heavy atom. The predicted octanol–water partition coefficient (Wildman–Crippen LogP) is 3.21. The lowest BCUT2D eigenvalue weighted by molar-refractivity contribution is 0.101. The molecular weight excluding hydrogens is 259 g/mol. The molecule has 3 heteroatoms. The molecule has 2 saturated carbocycles. The Bertz CT molecular complexity index is 408. The average Bonchev–Trinajstić information content (AvgIpc) is 2.67. The Balaban J connectivity index is 2.03. The van der Waals surface area contributed by atoms with Gasteiger partial charge in [-0.1, -0.05) is 22.4 Å². The molecule has 0 amide bonds. The van der Waals surface area contributed by atoms with Crippen molar-refractivity contribution >= 4 is 15.9 Å². The fraction of sp³-hybridized carbons (Fsp3) is 0.500. The minimum atomic E-state index is -0.869. The van der Waals surface area contributed by atoms with E-state index in [1.165, 1.54) is 12.5 Å². The molecule has 80 valence electrons. The van der Waals surface area contributed by atoms with Crippen molar-refractivity contribution in [1.82, 2.24) is 0 Å². The van der Waals surface area contributed by atoms with Gasteiger partial charge in [-0.15, -0.1) is 0 Å². The molecule has 0 radical (unpaired) electrons. The summed E-state index contributed by atoms with van der Waals surface area (Å²) in [7, 11) is 0. The van der Waals surface area contributed by atoms with Gasteiger partial charge in [-0.05, 0) is 42.9 Å². The van der Waals surface area contributed by atoms with Crippen molar-refractivity contribution in [3.05, 3.63) is 34.1 Å². The Morgan fingerprint density at radius 3 is 2.67 bits per heavy atom. The van der Waals surface area contributed by atoms with Crippen LogP contribution in [0.2, 0.25) is 0 Å². The van der Waals surface area contributed by atoms with E-state index in [9.17, 15) is 9.50 Å². The van der Waals surface area contributed by atoms with Crippen molar-refractivity contribution in [2.45, 2.75) is 24.9 Å². The zero-order valence-electron chi connectivity index (χ0n) is 8.21. The van der Waals surface area contributed by atoms with E-state index in [2.05, 4.69) is 15.9 Å². The lowest BCUT2D eigenvalue weighted by Crippen LogP contribution is -2.15. The molecule has 1 nitrogen and oxygen atoms in total. The molecule has 2 unspecified atom stereocenters. The third-order valence-electron chi connectivity index (χ3n) is 3.90. The smallest absolute Gasteiger partial charge is 0.129 e. The lowest BCUT2D eigenvalue weighted by atomic mass is 9.99. The second-order valence-electron chi connectivity index (χ2n) is 4.59. The number of hydrogen-bond donors (Lipinski definition) is 1. The average molecular weight is 271 g/mol. The van der Waals surface area contributed by atoms with E-state index in [1.807, 2.05) is 0 Å². The van der Waals surface area contributed by atoms with Crippen LogP contribution in [-0.4, -0.2) is 5.11 Å². The van der Waals surface area contributed by atoms with Gasteiger partial charge in [-0.25, -0.2) is 4.39 Å². The van der Waals surface area contributed by atoms with E-state index < -0.39 is 5.60 Å². The van der Waals surface area contributed by atoms with E-state index in [-0.39, 0.29) is 5.82 Å². The van der Waals surface area contributed by atoms with Crippen LogP contribution in [0.4, 0.5) is 4.39 Å². The van der Waals surface area contributed by atoms with E-state index in [0.717, 1.165) is 17.3 Å². The molecule has 0 bridgehead atoms. The first-order chi connectivity index (χ1) is 7.14. The van der Waals surface area contributed by atoms with Crippen molar-refractivity contribution in [3.8, 4) is 0 Å². The van der Waals surface area contributed by atoms with Crippen LogP contribution >= 0.6 is 15.9 Å². The minimum absolute atomic E-state index is 0.282. The largest absolute Gasteiger partial charge is 0.384 e. The Morgan fingerprint density at radius 1 is 1.33 bits per heavy atom. The zero-order valence-corrected chi connectivity index (χ0v) is 9.80. The van der Waals surface area contributed by atoms with Crippen molar-refractivity contribution < 1.29 is 9.50 Å². The second kappa shape index (κ2) is 3.05. The number of halogens is 2. The number of fused-ring (bicyclic) bond motifs is 1. The summed E-state index contributed by atoms with van der Waals surface area (Å²) in [5.41, 5.74) is -0.391. The summed E-state index contributed by atoms with van der Waals surface area (Å²) in [6.07, 6.45) is 3.24. The van der Waals surface area contributed by atoms with Crippen molar-refractivity contribution in [3.63, 3.8) is 0 Å². The fourth-order valence-corrected chi connectivity index (χ4v) is 3.49. The number of rotatable bonds is 1. The highest BCUT2D eigenvalue weighted by molar-refractivity contribution is 9.10.